The third-order valence-electron chi connectivity index (χ3n) is 16.4. The summed E-state index contributed by atoms with van der Waals surface area (Å²) in [4.78, 5) is 114. The second kappa shape index (κ2) is 28.3. The number of carbonyl (C=O) groups excluding carboxylic acids is 8. The van der Waals surface area contributed by atoms with Gasteiger partial charge in [0, 0.05) is 75.7 Å². The fraction of sp³-hybridized carbons (Fsp3) is 0.516. The normalized spacial score (nSPS) is 25.3. The van der Waals surface area contributed by atoms with Crippen LogP contribution in [0.15, 0.2) is 78.5 Å². The molecule has 4 aliphatic rings. The molecule has 22 heteroatoms. The van der Waals surface area contributed by atoms with Crippen molar-refractivity contribution in [3.8, 4) is 0 Å². The van der Waals surface area contributed by atoms with E-state index in [2.05, 4.69) is 20.9 Å². The van der Waals surface area contributed by atoms with Crippen molar-refractivity contribution in [2.24, 2.45) is 23.5 Å². The first-order valence-corrected chi connectivity index (χ1v) is 29.4. The number of hydrogen-bond donors (Lipinski definition) is 5. The van der Waals surface area contributed by atoms with Crippen LogP contribution in [-0.2, 0) is 60.6 Å². The van der Waals surface area contributed by atoms with E-state index in [1.165, 1.54) is 29.1 Å². The summed E-state index contributed by atoms with van der Waals surface area (Å²) in [6.45, 7) is 11.6. The second-order valence-corrected chi connectivity index (χ2v) is 24.1. The van der Waals surface area contributed by atoms with E-state index in [0.29, 0.717) is 77.1 Å². The highest BCUT2D eigenvalue weighted by Crippen LogP contribution is 2.50. The van der Waals surface area contributed by atoms with Crippen molar-refractivity contribution in [3.05, 3.63) is 100 Å². The van der Waals surface area contributed by atoms with Gasteiger partial charge in [-0.3, -0.25) is 44.0 Å². The van der Waals surface area contributed by atoms with Gasteiger partial charge in [0.15, 0.2) is 5.78 Å². The molecular weight excluding hydrogens is 1120 g/mol. The van der Waals surface area contributed by atoms with Crippen LogP contribution in [0, 0.1) is 24.7 Å². The van der Waals surface area contributed by atoms with E-state index >= 15 is 0 Å². The molecule has 0 spiro atoms. The summed E-state index contributed by atoms with van der Waals surface area (Å²) in [5.74, 6) is -3.65. The predicted molar refractivity (Wildman–Crippen MR) is 321 cm³/mol. The largest absolute Gasteiger partial charge is 0.462 e. The number of nitrogens with zero attached hydrogens (tertiary/aromatic N) is 3. The van der Waals surface area contributed by atoms with Gasteiger partial charge < -0.3 is 45.3 Å². The van der Waals surface area contributed by atoms with Crippen LogP contribution in [0.5, 0.6) is 0 Å². The van der Waals surface area contributed by atoms with Crippen LogP contribution in [0.4, 0.5) is 21.0 Å². The summed E-state index contributed by atoms with van der Waals surface area (Å²) in [6.07, 6.45) is 7.95. The number of pyridine rings is 1. The van der Waals surface area contributed by atoms with E-state index in [9.17, 15) is 43.5 Å². The molecule has 0 unspecified atom stereocenters. The Balaban J connectivity index is 1.09. The van der Waals surface area contributed by atoms with E-state index in [1.807, 2.05) is 52.8 Å². The number of aromatic nitrogens is 1. The minimum absolute atomic E-state index is 0.0112. The van der Waals surface area contributed by atoms with Gasteiger partial charge in [-0.05, 0) is 117 Å². The second-order valence-electron chi connectivity index (χ2n) is 23.1. The molecule has 6 N–H and O–H groups in total. The Morgan fingerprint density at radius 2 is 1.77 bits per heavy atom. The number of primary amides is 1. The highest BCUT2D eigenvalue weighted by molar-refractivity contribution is 7.80. The number of thiocarbonyl (C=S) groups is 1. The number of epoxide rings is 1. The van der Waals surface area contributed by atoms with Crippen LogP contribution >= 0.6 is 23.8 Å². The van der Waals surface area contributed by atoms with Crippen LogP contribution in [0.3, 0.4) is 0 Å². The van der Waals surface area contributed by atoms with Gasteiger partial charge in [0.1, 0.15) is 29.5 Å². The zero-order chi connectivity index (χ0) is 61.2. The van der Waals surface area contributed by atoms with Gasteiger partial charge in [-0.25, -0.2) is 9.59 Å². The molecule has 2 fully saturated rings. The van der Waals surface area contributed by atoms with Crippen molar-refractivity contribution in [3.63, 3.8) is 0 Å². The van der Waals surface area contributed by atoms with Gasteiger partial charge in [-0.15, -0.1) is 0 Å². The Labute approximate surface area is 500 Å². The lowest BCUT2D eigenvalue weighted by Gasteiger charge is -2.41. The van der Waals surface area contributed by atoms with E-state index < -0.39 is 77.5 Å². The lowest BCUT2D eigenvalue weighted by atomic mass is 9.78. The van der Waals surface area contributed by atoms with Gasteiger partial charge in [-0.2, -0.15) is 0 Å². The number of amides is 7. The Kier molecular flexibility index (Phi) is 21.8. The molecular formula is C62H78ClN7O13S. The van der Waals surface area contributed by atoms with Crippen LogP contribution in [-0.4, -0.2) is 136 Å². The van der Waals surface area contributed by atoms with Gasteiger partial charge in [0.2, 0.25) is 11.8 Å². The number of nitrogens with one attached hydrogen (secondary N) is 3. The number of benzene rings is 2. The van der Waals surface area contributed by atoms with Gasteiger partial charge in [-0.1, -0.05) is 86.9 Å². The number of urea groups is 1. The average Bonchev–Trinajstić information content (AvgIpc) is 1.95. The Morgan fingerprint density at radius 3 is 2.48 bits per heavy atom. The summed E-state index contributed by atoms with van der Waals surface area (Å²) in [7, 11) is 3.06. The average molecular weight is 1200 g/mol. The van der Waals surface area contributed by atoms with Crippen molar-refractivity contribution in [1.29, 1.82) is 0 Å². The predicted octanol–water partition coefficient (Wildman–Crippen LogP) is 8.03. The number of ketones is 1. The monoisotopic (exact) mass is 1200 g/mol. The number of carbonyl (C=O) groups is 8. The number of Topliss-reactive ketones (excluding diaryl/α,β-unsaturated/α-hetero) is 1. The van der Waals surface area contributed by atoms with Crippen molar-refractivity contribution in [2.75, 3.05) is 37.5 Å². The number of esters is 1. The molecule has 1 aromatic heterocycles. The van der Waals surface area contributed by atoms with Crippen molar-refractivity contribution in [1.82, 2.24) is 20.5 Å². The van der Waals surface area contributed by atoms with Crippen molar-refractivity contribution in [2.45, 2.75) is 160 Å². The smallest absolute Gasteiger partial charge is 0.412 e. The number of rotatable bonds is 21. The maximum atomic E-state index is 14.5. The summed E-state index contributed by atoms with van der Waals surface area (Å²) >= 11 is 12.6. The number of methoxy groups -OCH3 is 1. The highest BCUT2D eigenvalue weighted by atomic mass is 35.5. The number of nitrogens with two attached hydrogens (primary N) is 1. The number of halogens is 1. The summed E-state index contributed by atoms with van der Waals surface area (Å²) in [6, 6.07) is 8.73. The van der Waals surface area contributed by atoms with E-state index in [1.54, 1.807) is 56.6 Å². The van der Waals surface area contributed by atoms with Crippen molar-refractivity contribution < 1.29 is 62.4 Å². The molecule has 0 saturated carbocycles. The van der Waals surface area contributed by atoms with E-state index in [0.717, 1.165) is 23.1 Å². The first-order valence-electron chi connectivity index (χ1n) is 28.6. The SMILES string of the molecule is CO[C@@H]1/C=C/C=C(\C)Cc2cc(C)c(Cl)c(c2)N(C)C(=O)C[C@H](OC(=O)Nc2ccc(CC(=O)[C@H](CCCNC(N)=O)NC(=O)[C@@H](CC(=S)CCCCCN3C(=O)C=CC3=O)C(C)C)c3ncccc23)[C@]2(C)O[C@H]2[C@H](C)[C@@H]2C[C@@]1(O)CC(=O)O2. The zero-order valence-corrected chi connectivity index (χ0v) is 50.6. The molecule has 2 aromatic carbocycles. The first kappa shape index (κ1) is 64.6. The highest BCUT2D eigenvalue weighted by Gasteiger charge is 2.64. The lowest BCUT2D eigenvalue weighted by Crippen LogP contribution is -2.53. The summed E-state index contributed by atoms with van der Waals surface area (Å²) in [5, 5.41) is 21.2. The minimum atomic E-state index is -1.63. The summed E-state index contributed by atoms with van der Waals surface area (Å²) < 4.78 is 24.3. The number of anilines is 2. The molecule has 5 heterocycles. The van der Waals surface area contributed by atoms with Gasteiger partial charge in [0.05, 0.1) is 46.9 Å². The molecule has 7 amide bonds. The molecule has 20 nitrogen and oxygen atoms in total. The molecule has 0 aliphatic carbocycles. The fourth-order valence-electron chi connectivity index (χ4n) is 11.5. The fourth-order valence-corrected chi connectivity index (χ4v) is 12.0. The molecule has 84 heavy (non-hydrogen) atoms. The topological polar surface area (TPSA) is 278 Å². The number of aryl methyl sites for hydroxylation is 1. The Hall–Kier alpha value is -6.91. The summed E-state index contributed by atoms with van der Waals surface area (Å²) in [5.41, 5.74) is 6.58. The number of aliphatic hydroxyl groups is 1. The van der Waals surface area contributed by atoms with Crippen LogP contribution < -0.4 is 26.6 Å². The zero-order valence-electron chi connectivity index (χ0n) is 49.0. The standard InChI is InChI=1S/C62H78ClN7O13S/c1-35(2)43(31-41(84)16-10-9-11-26-70-51(72)22-23-52(70)73)58(76)67-45(18-14-25-66-59(64)77)47(71)30-40-20-21-44(42-17-13-24-65-56(40)42)68-60(78)82-50-32-53(74)69(7)46-29-39(28-37(4)55(46)63)27-36(3)15-12-19-49(80-8)62(79)33-48(81-54(75)34-62)38(5)57-61(50,6)83-57/h12-13,15,17,19-24,28-29,35,38,43,45,48-50,57,79H,9-11,14,16,18,25-27,30-34H2,1-8H3,(H,67,76)(H,68,78)(H3,64,66,77)/b19-12+,36-15+/t38-,43+,45+,48+,49-,50+,57+,61+,62-/m1/s1. The number of allylic oxidation sites excluding steroid dienone is 3. The van der Waals surface area contributed by atoms with Crippen LogP contribution in [0.2, 0.25) is 5.02 Å². The molecule has 3 aromatic rings. The van der Waals surface area contributed by atoms with Crippen molar-refractivity contribution >= 4 is 98.5 Å². The number of fused-ring (bicyclic) bond motifs is 6. The number of ether oxygens (including phenoxy) is 4. The molecule has 4 aliphatic heterocycles. The molecule has 7 rings (SSSR count). The quantitative estimate of drug-likeness (QED) is 0.0222. The molecule has 4 bridgehead atoms. The maximum absolute atomic E-state index is 14.5. The van der Waals surface area contributed by atoms with E-state index in [4.69, 9.17) is 48.5 Å². The molecule has 0 radical (unpaired) electrons. The number of imide groups is 1. The molecule has 452 valence electrons. The van der Waals surface area contributed by atoms with Gasteiger partial charge in [0.25, 0.3) is 11.8 Å². The molecule has 2 saturated heterocycles. The maximum Gasteiger partial charge on any atom is 0.412 e. The third-order valence-corrected chi connectivity index (χ3v) is 17.3. The number of unbranched alkanes of at least 4 members (excludes halogenated alkanes) is 2. The molecule has 9 atom stereocenters. The Morgan fingerprint density at radius 1 is 1.04 bits per heavy atom. The first-order chi connectivity index (χ1) is 39.8. The van der Waals surface area contributed by atoms with Crippen LogP contribution in [0.25, 0.3) is 10.9 Å². The van der Waals surface area contributed by atoms with Crippen LogP contribution in [0.1, 0.15) is 116 Å². The Bertz CT molecular complexity index is 3110. The van der Waals surface area contributed by atoms with Gasteiger partial charge >= 0.3 is 18.1 Å². The lowest BCUT2D eigenvalue weighted by molar-refractivity contribution is -0.187. The third kappa shape index (κ3) is 16.1. The number of hydrogen-bond acceptors (Lipinski definition) is 15. The van der Waals surface area contributed by atoms with E-state index in [-0.39, 0.29) is 73.8 Å². The minimum Gasteiger partial charge on any atom is -0.462 e.